The first-order chi connectivity index (χ1) is 9.97. The smallest absolute Gasteiger partial charge is 0.238 e. The summed E-state index contributed by atoms with van der Waals surface area (Å²) >= 11 is 1.53. The lowest BCUT2D eigenvalue weighted by atomic mass is 10.1. The Bertz CT molecular complexity index is 710. The molecule has 0 aliphatic carbocycles. The van der Waals surface area contributed by atoms with Crippen molar-refractivity contribution in [2.45, 2.75) is 10.6 Å². The Kier molecular flexibility index (Phi) is 5.17. The molecule has 0 aliphatic rings. The zero-order valence-corrected chi connectivity index (χ0v) is 12.9. The average Bonchev–Trinajstić information content (AvgIpc) is 2.47. The number of Topliss-reactive ketones (excluding diaryl/α,β-unsaturated/α-hetero) is 1. The molecular weight excluding hydrogens is 306 g/mol. The minimum absolute atomic E-state index is 0.0102. The van der Waals surface area contributed by atoms with Crippen LogP contribution in [-0.4, -0.2) is 20.0 Å². The van der Waals surface area contributed by atoms with E-state index in [-0.39, 0.29) is 10.7 Å². The number of rotatable bonds is 6. The lowest BCUT2D eigenvalue weighted by Crippen LogP contribution is -2.12. The molecule has 110 valence electrons. The highest BCUT2D eigenvalue weighted by atomic mass is 32.2. The molecule has 2 aromatic rings. The van der Waals surface area contributed by atoms with Gasteiger partial charge in [-0.25, -0.2) is 13.6 Å². The summed E-state index contributed by atoms with van der Waals surface area (Å²) in [4.78, 5) is 12.0. The molecule has 2 rings (SSSR count). The monoisotopic (exact) mass is 321 g/mol. The maximum atomic E-state index is 12.0. The van der Waals surface area contributed by atoms with Gasteiger partial charge in [-0.2, -0.15) is 0 Å². The van der Waals surface area contributed by atoms with Crippen molar-refractivity contribution in [1.82, 2.24) is 0 Å². The van der Waals surface area contributed by atoms with E-state index in [1.807, 2.05) is 30.3 Å². The number of hydrogen-bond acceptors (Lipinski definition) is 4. The van der Waals surface area contributed by atoms with E-state index in [0.29, 0.717) is 11.3 Å². The summed E-state index contributed by atoms with van der Waals surface area (Å²) in [6.07, 6.45) is 0. The zero-order chi connectivity index (χ0) is 15.3. The van der Waals surface area contributed by atoms with Gasteiger partial charge in [0.25, 0.3) is 0 Å². The second-order valence-corrected chi connectivity index (χ2v) is 7.02. The van der Waals surface area contributed by atoms with Gasteiger partial charge in [0.1, 0.15) is 0 Å². The van der Waals surface area contributed by atoms with Crippen LogP contribution in [-0.2, 0) is 15.8 Å². The van der Waals surface area contributed by atoms with Gasteiger partial charge >= 0.3 is 0 Å². The Morgan fingerprint density at radius 3 is 2.19 bits per heavy atom. The van der Waals surface area contributed by atoms with Crippen molar-refractivity contribution in [3.8, 4) is 0 Å². The molecule has 0 unspecified atom stereocenters. The van der Waals surface area contributed by atoms with Crippen molar-refractivity contribution in [1.29, 1.82) is 0 Å². The van der Waals surface area contributed by atoms with E-state index in [1.165, 1.54) is 41.6 Å². The number of ketones is 1. The first-order valence-electron chi connectivity index (χ1n) is 6.24. The number of carbonyl (C=O) groups is 1. The number of benzene rings is 2. The van der Waals surface area contributed by atoms with E-state index in [0.717, 1.165) is 5.75 Å². The Hall–Kier alpha value is -1.63. The van der Waals surface area contributed by atoms with Crippen molar-refractivity contribution in [3.63, 3.8) is 0 Å². The number of carbonyl (C=O) groups excluding carboxylic acids is 1. The van der Waals surface area contributed by atoms with E-state index in [1.54, 1.807) is 0 Å². The molecule has 0 aliphatic heterocycles. The Balaban J connectivity index is 1.92. The van der Waals surface area contributed by atoms with Crippen LogP contribution in [0.5, 0.6) is 0 Å². The molecule has 0 atom stereocenters. The number of hydrogen-bond donors (Lipinski definition) is 1. The first kappa shape index (κ1) is 15.8. The lowest BCUT2D eigenvalue weighted by molar-refractivity contribution is 0.102. The molecule has 2 N–H and O–H groups in total. The first-order valence-corrected chi connectivity index (χ1v) is 8.94. The van der Waals surface area contributed by atoms with Crippen LogP contribution in [0.3, 0.4) is 0 Å². The molecule has 0 amide bonds. The second-order valence-electron chi connectivity index (χ2n) is 4.47. The molecule has 0 spiro atoms. The second kappa shape index (κ2) is 6.89. The van der Waals surface area contributed by atoms with Gasteiger partial charge in [0.15, 0.2) is 5.78 Å². The van der Waals surface area contributed by atoms with Gasteiger partial charge in [-0.1, -0.05) is 42.5 Å². The normalized spacial score (nSPS) is 11.3. The molecule has 0 radical (unpaired) electrons. The Morgan fingerprint density at radius 1 is 1.00 bits per heavy atom. The molecule has 0 fully saturated rings. The maximum Gasteiger partial charge on any atom is 0.238 e. The fourth-order valence-electron chi connectivity index (χ4n) is 1.75. The van der Waals surface area contributed by atoms with Gasteiger partial charge in [0.2, 0.25) is 10.0 Å². The number of nitrogens with two attached hydrogens (primary N) is 1. The summed E-state index contributed by atoms with van der Waals surface area (Å²) in [6.45, 7) is 0. The fraction of sp³-hybridized carbons (Fsp3) is 0.133. The topological polar surface area (TPSA) is 77.2 Å². The minimum atomic E-state index is -3.71. The van der Waals surface area contributed by atoms with E-state index >= 15 is 0 Å². The number of sulfonamides is 1. The van der Waals surface area contributed by atoms with Gasteiger partial charge in [-0.15, -0.1) is 11.8 Å². The SMILES string of the molecule is NS(=O)(=O)c1ccc(C(=O)CSCc2ccccc2)cc1. The molecule has 0 saturated carbocycles. The minimum Gasteiger partial charge on any atom is -0.293 e. The number of thioether (sulfide) groups is 1. The molecule has 2 aromatic carbocycles. The Labute approximate surface area is 128 Å². The van der Waals surface area contributed by atoms with Crippen molar-refractivity contribution in [2.24, 2.45) is 5.14 Å². The number of primary sulfonamides is 1. The predicted molar refractivity (Wildman–Crippen MR) is 84.7 cm³/mol. The van der Waals surface area contributed by atoms with E-state index in [2.05, 4.69) is 0 Å². The molecule has 0 aromatic heterocycles. The average molecular weight is 321 g/mol. The summed E-state index contributed by atoms with van der Waals surface area (Å²) in [5.41, 5.74) is 1.66. The van der Waals surface area contributed by atoms with Crippen molar-refractivity contribution >= 4 is 27.6 Å². The summed E-state index contributed by atoms with van der Waals surface area (Å²) in [5.74, 6) is 1.09. The fourth-order valence-corrected chi connectivity index (χ4v) is 3.15. The van der Waals surface area contributed by atoms with Crippen LogP contribution in [0, 0.1) is 0 Å². The molecular formula is C15H15NO3S2. The third-order valence-corrected chi connectivity index (χ3v) is 4.78. The maximum absolute atomic E-state index is 12.0. The molecule has 0 heterocycles. The highest BCUT2D eigenvalue weighted by Crippen LogP contribution is 2.15. The van der Waals surface area contributed by atoms with Gasteiger partial charge in [0.05, 0.1) is 10.6 Å². The molecule has 0 saturated heterocycles. The Morgan fingerprint density at radius 2 is 1.62 bits per heavy atom. The summed E-state index contributed by atoms with van der Waals surface area (Å²) in [5, 5.41) is 5.01. The van der Waals surface area contributed by atoms with Gasteiger partial charge in [-0.05, 0) is 17.7 Å². The third kappa shape index (κ3) is 4.70. The lowest BCUT2D eigenvalue weighted by Gasteiger charge is -2.03. The highest BCUT2D eigenvalue weighted by Gasteiger charge is 2.10. The molecule has 6 heteroatoms. The van der Waals surface area contributed by atoms with Crippen molar-refractivity contribution in [2.75, 3.05) is 5.75 Å². The van der Waals surface area contributed by atoms with Crippen LogP contribution in [0.1, 0.15) is 15.9 Å². The molecule has 4 nitrogen and oxygen atoms in total. The summed E-state index contributed by atoms with van der Waals surface area (Å²) < 4.78 is 22.3. The molecule has 0 bridgehead atoms. The summed E-state index contributed by atoms with van der Waals surface area (Å²) in [6, 6.07) is 15.6. The largest absolute Gasteiger partial charge is 0.293 e. The van der Waals surface area contributed by atoms with Gasteiger partial charge < -0.3 is 0 Å². The van der Waals surface area contributed by atoms with Gasteiger partial charge in [0, 0.05) is 11.3 Å². The molecule has 21 heavy (non-hydrogen) atoms. The van der Waals surface area contributed by atoms with Crippen LogP contribution < -0.4 is 5.14 Å². The summed E-state index contributed by atoms with van der Waals surface area (Å²) in [7, 11) is -3.71. The zero-order valence-electron chi connectivity index (χ0n) is 11.2. The van der Waals surface area contributed by atoms with E-state index < -0.39 is 10.0 Å². The third-order valence-electron chi connectivity index (χ3n) is 2.85. The van der Waals surface area contributed by atoms with E-state index in [4.69, 9.17) is 5.14 Å². The van der Waals surface area contributed by atoms with Gasteiger partial charge in [-0.3, -0.25) is 4.79 Å². The van der Waals surface area contributed by atoms with Crippen LogP contribution in [0.2, 0.25) is 0 Å². The van der Waals surface area contributed by atoms with Crippen molar-refractivity contribution < 1.29 is 13.2 Å². The van der Waals surface area contributed by atoms with E-state index in [9.17, 15) is 13.2 Å². The van der Waals surface area contributed by atoms with Crippen LogP contribution in [0.15, 0.2) is 59.5 Å². The van der Waals surface area contributed by atoms with Crippen molar-refractivity contribution in [3.05, 3.63) is 65.7 Å². The van der Waals surface area contributed by atoms with Crippen LogP contribution in [0.4, 0.5) is 0 Å². The predicted octanol–water partition coefficient (Wildman–Crippen LogP) is 2.45. The standard InChI is InChI=1S/C15H15NO3S2/c16-21(18,19)14-8-6-13(7-9-14)15(17)11-20-10-12-4-2-1-3-5-12/h1-9H,10-11H2,(H2,16,18,19). The highest BCUT2D eigenvalue weighted by molar-refractivity contribution is 7.99. The quantitative estimate of drug-likeness (QED) is 0.829. The van der Waals surface area contributed by atoms with Crippen LogP contribution in [0.25, 0.3) is 0 Å². The van der Waals surface area contributed by atoms with Crippen LogP contribution >= 0.6 is 11.8 Å².